The van der Waals surface area contributed by atoms with Crippen molar-refractivity contribution in [3.8, 4) is 11.8 Å². The molecule has 0 spiro atoms. The Bertz CT molecular complexity index is 947. The first-order valence-corrected chi connectivity index (χ1v) is 8.78. The minimum Gasteiger partial charge on any atom is -0.493 e. The first-order chi connectivity index (χ1) is 12.8. The lowest BCUT2D eigenvalue weighted by Crippen LogP contribution is -2.15. The van der Waals surface area contributed by atoms with Gasteiger partial charge in [0, 0.05) is 0 Å². The van der Waals surface area contributed by atoms with E-state index < -0.39 is 0 Å². The monoisotopic (exact) mass is 341 g/mol. The predicted molar refractivity (Wildman–Crippen MR) is 101 cm³/mol. The highest BCUT2D eigenvalue weighted by Gasteiger charge is 2.18. The van der Waals surface area contributed by atoms with Crippen molar-refractivity contribution in [2.75, 3.05) is 11.9 Å². The molecular formula is C22H19N3O. The SMILES string of the molecule is N#Cc1cccc(NC(c2ccccc2)c2ccc3c(c2)CCCO3)n1. The van der Waals surface area contributed by atoms with Crippen molar-refractivity contribution in [3.05, 3.63) is 89.1 Å². The molecule has 26 heavy (non-hydrogen) atoms. The number of benzene rings is 2. The smallest absolute Gasteiger partial charge is 0.142 e. The van der Waals surface area contributed by atoms with Gasteiger partial charge in [-0.2, -0.15) is 5.26 Å². The van der Waals surface area contributed by atoms with E-state index in [-0.39, 0.29) is 6.04 Å². The molecule has 3 aromatic rings. The standard InChI is InChI=1S/C22H19N3O/c23-15-19-9-4-10-21(24-19)25-22(16-6-2-1-3-7-16)18-11-12-20-17(14-18)8-5-13-26-20/h1-4,6-7,9-12,14,22H,5,8,13H2,(H,24,25). The Morgan fingerprint density at radius 1 is 1.00 bits per heavy atom. The number of aryl methyl sites for hydroxylation is 1. The molecule has 0 bridgehead atoms. The molecule has 1 aliphatic rings. The molecule has 2 heterocycles. The van der Waals surface area contributed by atoms with Crippen LogP contribution in [0.25, 0.3) is 0 Å². The number of nitrogens with one attached hydrogen (secondary N) is 1. The maximum atomic E-state index is 9.11. The lowest BCUT2D eigenvalue weighted by Gasteiger charge is -2.23. The van der Waals surface area contributed by atoms with Crippen LogP contribution in [0.4, 0.5) is 5.82 Å². The minimum absolute atomic E-state index is 0.0510. The molecule has 1 atom stereocenters. The highest BCUT2D eigenvalue weighted by Crippen LogP contribution is 2.32. The second kappa shape index (κ2) is 7.28. The van der Waals surface area contributed by atoms with Crippen LogP contribution in [0, 0.1) is 11.3 Å². The van der Waals surface area contributed by atoms with Gasteiger partial charge in [-0.15, -0.1) is 0 Å². The summed E-state index contributed by atoms with van der Waals surface area (Å²) in [6.07, 6.45) is 2.08. The number of fused-ring (bicyclic) bond motifs is 1. The highest BCUT2D eigenvalue weighted by atomic mass is 16.5. The molecule has 1 unspecified atom stereocenters. The van der Waals surface area contributed by atoms with Crippen LogP contribution >= 0.6 is 0 Å². The third-order valence-electron chi connectivity index (χ3n) is 4.55. The Morgan fingerprint density at radius 2 is 1.88 bits per heavy atom. The average Bonchev–Trinajstić information content (AvgIpc) is 2.72. The van der Waals surface area contributed by atoms with Gasteiger partial charge in [0.05, 0.1) is 12.6 Å². The zero-order valence-electron chi connectivity index (χ0n) is 14.4. The van der Waals surface area contributed by atoms with Crippen molar-refractivity contribution < 1.29 is 4.74 Å². The molecule has 1 aliphatic heterocycles. The molecule has 1 N–H and O–H groups in total. The molecule has 0 aliphatic carbocycles. The van der Waals surface area contributed by atoms with Gasteiger partial charge < -0.3 is 10.1 Å². The van der Waals surface area contributed by atoms with E-state index in [0.29, 0.717) is 11.5 Å². The van der Waals surface area contributed by atoms with Crippen LogP contribution in [0.2, 0.25) is 0 Å². The number of pyridine rings is 1. The Morgan fingerprint density at radius 3 is 2.73 bits per heavy atom. The van der Waals surface area contributed by atoms with Crippen LogP contribution in [0.5, 0.6) is 5.75 Å². The molecule has 0 fully saturated rings. The van der Waals surface area contributed by atoms with E-state index in [1.165, 1.54) is 5.56 Å². The number of anilines is 1. The summed E-state index contributed by atoms with van der Waals surface area (Å²) in [7, 11) is 0. The van der Waals surface area contributed by atoms with Crippen molar-refractivity contribution in [1.82, 2.24) is 4.98 Å². The zero-order valence-corrected chi connectivity index (χ0v) is 14.4. The topological polar surface area (TPSA) is 57.9 Å². The van der Waals surface area contributed by atoms with Gasteiger partial charge in [0.2, 0.25) is 0 Å². The summed E-state index contributed by atoms with van der Waals surface area (Å²) in [4.78, 5) is 4.37. The third-order valence-corrected chi connectivity index (χ3v) is 4.55. The van der Waals surface area contributed by atoms with Crippen molar-refractivity contribution >= 4 is 5.82 Å². The average molecular weight is 341 g/mol. The summed E-state index contributed by atoms with van der Waals surface area (Å²) in [5.74, 6) is 1.67. The molecule has 0 saturated heterocycles. The first-order valence-electron chi connectivity index (χ1n) is 8.78. The molecule has 128 valence electrons. The van der Waals surface area contributed by atoms with E-state index in [1.807, 2.05) is 30.3 Å². The van der Waals surface area contributed by atoms with Crippen LogP contribution in [-0.4, -0.2) is 11.6 Å². The molecule has 0 amide bonds. The van der Waals surface area contributed by atoms with E-state index >= 15 is 0 Å². The lowest BCUT2D eigenvalue weighted by molar-refractivity contribution is 0.288. The van der Waals surface area contributed by atoms with Crippen LogP contribution < -0.4 is 10.1 Å². The van der Waals surface area contributed by atoms with Crippen LogP contribution in [0.3, 0.4) is 0 Å². The van der Waals surface area contributed by atoms with Gasteiger partial charge in [0.15, 0.2) is 0 Å². The summed E-state index contributed by atoms with van der Waals surface area (Å²) in [6.45, 7) is 0.789. The highest BCUT2D eigenvalue weighted by molar-refractivity contribution is 5.48. The van der Waals surface area contributed by atoms with Gasteiger partial charge in [0.1, 0.15) is 23.3 Å². The molecular weight excluding hydrogens is 322 g/mol. The Balaban J connectivity index is 1.73. The van der Waals surface area contributed by atoms with E-state index in [4.69, 9.17) is 10.00 Å². The second-order valence-electron chi connectivity index (χ2n) is 6.33. The van der Waals surface area contributed by atoms with Crippen LogP contribution in [0.1, 0.15) is 34.8 Å². The molecule has 4 heteroatoms. The third kappa shape index (κ3) is 3.38. The normalized spacial score (nSPS) is 13.8. The molecule has 4 rings (SSSR count). The minimum atomic E-state index is -0.0510. The van der Waals surface area contributed by atoms with Crippen molar-refractivity contribution in [2.45, 2.75) is 18.9 Å². The fraction of sp³-hybridized carbons (Fsp3) is 0.182. The van der Waals surface area contributed by atoms with E-state index in [9.17, 15) is 0 Å². The van der Waals surface area contributed by atoms with Gasteiger partial charge in [-0.3, -0.25) is 0 Å². The maximum Gasteiger partial charge on any atom is 0.142 e. The number of rotatable bonds is 4. The molecule has 2 aromatic carbocycles. The number of aromatic nitrogens is 1. The number of nitriles is 1. The van der Waals surface area contributed by atoms with E-state index in [2.05, 4.69) is 46.7 Å². The number of hydrogen-bond donors (Lipinski definition) is 1. The lowest BCUT2D eigenvalue weighted by atomic mass is 9.95. The van der Waals surface area contributed by atoms with Crippen LogP contribution in [0.15, 0.2) is 66.7 Å². The Kier molecular flexibility index (Phi) is 4.53. The number of ether oxygens (including phenoxy) is 1. The number of hydrogen-bond acceptors (Lipinski definition) is 4. The van der Waals surface area contributed by atoms with Gasteiger partial charge in [-0.05, 0) is 53.8 Å². The quantitative estimate of drug-likeness (QED) is 0.760. The van der Waals surface area contributed by atoms with E-state index in [1.54, 1.807) is 6.07 Å². The van der Waals surface area contributed by atoms with Gasteiger partial charge in [-0.1, -0.05) is 42.5 Å². The number of nitrogens with zero attached hydrogens (tertiary/aromatic N) is 2. The van der Waals surface area contributed by atoms with Crippen molar-refractivity contribution in [2.24, 2.45) is 0 Å². The summed E-state index contributed by atoms with van der Waals surface area (Å²) in [6, 6.07) is 24.1. The predicted octanol–water partition coefficient (Wildman–Crippen LogP) is 4.48. The fourth-order valence-corrected chi connectivity index (χ4v) is 3.29. The molecule has 1 aromatic heterocycles. The van der Waals surface area contributed by atoms with E-state index in [0.717, 1.165) is 36.3 Å². The molecule has 0 saturated carbocycles. The Hall–Kier alpha value is -3.32. The maximum absolute atomic E-state index is 9.11. The summed E-state index contributed by atoms with van der Waals surface area (Å²) in [5.41, 5.74) is 3.95. The van der Waals surface area contributed by atoms with Gasteiger partial charge in [-0.25, -0.2) is 4.98 Å². The van der Waals surface area contributed by atoms with Crippen molar-refractivity contribution in [1.29, 1.82) is 5.26 Å². The summed E-state index contributed by atoms with van der Waals surface area (Å²) < 4.78 is 5.74. The van der Waals surface area contributed by atoms with Gasteiger partial charge in [0.25, 0.3) is 0 Å². The van der Waals surface area contributed by atoms with Crippen molar-refractivity contribution in [3.63, 3.8) is 0 Å². The molecule has 4 nitrogen and oxygen atoms in total. The summed E-state index contributed by atoms with van der Waals surface area (Å²) >= 11 is 0. The van der Waals surface area contributed by atoms with Crippen LogP contribution in [-0.2, 0) is 6.42 Å². The summed E-state index contributed by atoms with van der Waals surface area (Å²) in [5, 5.41) is 12.6. The molecule has 0 radical (unpaired) electrons. The zero-order chi connectivity index (χ0) is 17.8. The first kappa shape index (κ1) is 16.2. The fourth-order valence-electron chi connectivity index (χ4n) is 3.29. The van der Waals surface area contributed by atoms with Gasteiger partial charge >= 0.3 is 0 Å². The largest absolute Gasteiger partial charge is 0.493 e. The second-order valence-corrected chi connectivity index (χ2v) is 6.33. The Labute approximate surface area is 153 Å².